The molecule has 104 valence electrons. The molecule has 0 saturated heterocycles. The van der Waals surface area contributed by atoms with Gasteiger partial charge in [-0.1, -0.05) is 30.7 Å². The van der Waals surface area contributed by atoms with Gasteiger partial charge in [-0.25, -0.2) is 0 Å². The third kappa shape index (κ3) is 6.82. The summed E-state index contributed by atoms with van der Waals surface area (Å²) < 4.78 is 0. The van der Waals surface area contributed by atoms with Crippen LogP contribution in [0.15, 0.2) is 24.3 Å². The van der Waals surface area contributed by atoms with Gasteiger partial charge in [0.25, 0.3) is 0 Å². The number of rotatable bonds is 7. The van der Waals surface area contributed by atoms with Crippen LogP contribution in [0.1, 0.15) is 25.3 Å². The molecule has 0 aliphatic carbocycles. The van der Waals surface area contributed by atoms with Gasteiger partial charge in [0.05, 0.1) is 0 Å². The van der Waals surface area contributed by atoms with E-state index in [9.17, 15) is 9.59 Å². The quantitative estimate of drug-likeness (QED) is 0.751. The molecule has 0 radical (unpaired) electrons. The van der Waals surface area contributed by atoms with E-state index in [2.05, 4.69) is 10.6 Å². The highest BCUT2D eigenvalue weighted by atomic mass is 35.5. The molecule has 0 atom stereocenters. The summed E-state index contributed by atoms with van der Waals surface area (Å²) in [5, 5.41) is 6.08. The van der Waals surface area contributed by atoms with E-state index < -0.39 is 0 Å². The van der Waals surface area contributed by atoms with Crippen molar-refractivity contribution in [3.8, 4) is 0 Å². The number of carbonyl (C=O) groups is 2. The summed E-state index contributed by atoms with van der Waals surface area (Å²) in [7, 11) is 0. The molecule has 0 unspecified atom stereocenters. The van der Waals surface area contributed by atoms with Gasteiger partial charge in [0.2, 0.25) is 11.8 Å². The first kappa shape index (κ1) is 15.5. The maximum Gasteiger partial charge on any atom is 0.229 e. The summed E-state index contributed by atoms with van der Waals surface area (Å²) in [5.41, 5.74) is 1.10. The van der Waals surface area contributed by atoms with Crippen LogP contribution < -0.4 is 10.6 Å². The van der Waals surface area contributed by atoms with Crippen LogP contribution in [0.3, 0.4) is 0 Å². The lowest BCUT2D eigenvalue weighted by Crippen LogP contribution is -2.33. The molecule has 1 aromatic carbocycles. The first-order chi connectivity index (χ1) is 9.11. The molecule has 4 nitrogen and oxygen atoms in total. The normalized spacial score (nSPS) is 10.0. The maximum absolute atomic E-state index is 11.5. The first-order valence-corrected chi connectivity index (χ1v) is 6.77. The first-order valence-electron chi connectivity index (χ1n) is 6.39. The van der Waals surface area contributed by atoms with Crippen molar-refractivity contribution in [2.45, 2.75) is 26.2 Å². The van der Waals surface area contributed by atoms with Crippen molar-refractivity contribution < 1.29 is 9.59 Å². The zero-order valence-electron chi connectivity index (χ0n) is 11.0. The fourth-order valence-electron chi connectivity index (χ4n) is 1.53. The second-order valence-electron chi connectivity index (χ2n) is 4.25. The molecule has 0 fully saturated rings. The lowest BCUT2D eigenvalue weighted by molar-refractivity contribution is -0.129. The average molecular weight is 283 g/mol. The lowest BCUT2D eigenvalue weighted by Gasteiger charge is -2.06. The SMILES string of the molecule is CCCNC(=O)CC(=O)NCCc1ccc(Cl)cc1. The minimum Gasteiger partial charge on any atom is -0.356 e. The van der Waals surface area contributed by atoms with Crippen molar-refractivity contribution >= 4 is 23.4 Å². The predicted octanol–water partition coefficient (Wildman–Crippen LogP) is 1.91. The molecule has 1 aromatic rings. The fraction of sp³-hybridized carbons (Fsp3) is 0.429. The minimum absolute atomic E-state index is 0.110. The molecule has 2 N–H and O–H groups in total. The zero-order valence-corrected chi connectivity index (χ0v) is 11.8. The Labute approximate surface area is 118 Å². The van der Waals surface area contributed by atoms with E-state index in [4.69, 9.17) is 11.6 Å². The molecular formula is C14H19ClN2O2. The molecule has 1 rings (SSSR count). The van der Waals surface area contributed by atoms with Crippen LogP contribution in [0.25, 0.3) is 0 Å². The Hall–Kier alpha value is -1.55. The van der Waals surface area contributed by atoms with Gasteiger partial charge in [-0.3, -0.25) is 9.59 Å². The molecular weight excluding hydrogens is 264 g/mol. The molecule has 0 saturated carbocycles. The van der Waals surface area contributed by atoms with Crippen LogP contribution in [-0.2, 0) is 16.0 Å². The van der Waals surface area contributed by atoms with Gasteiger partial charge < -0.3 is 10.6 Å². The standard InChI is InChI=1S/C14H19ClN2O2/c1-2-8-16-13(18)10-14(19)17-9-7-11-3-5-12(15)6-4-11/h3-6H,2,7-10H2,1H3,(H,16,18)(H,17,19). The Morgan fingerprint density at radius 2 is 1.63 bits per heavy atom. The Bertz CT molecular complexity index is 418. The highest BCUT2D eigenvalue weighted by Crippen LogP contribution is 2.09. The Balaban J connectivity index is 2.20. The Kier molecular flexibility index (Phi) is 6.97. The molecule has 0 aliphatic heterocycles. The van der Waals surface area contributed by atoms with Gasteiger partial charge in [-0.15, -0.1) is 0 Å². The Morgan fingerprint density at radius 3 is 2.21 bits per heavy atom. The van der Waals surface area contributed by atoms with Gasteiger partial charge in [0.1, 0.15) is 6.42 Å². The van der Waals surface area contributed by atoms with E-state index in [0.29, 0.717) is 18.1 Å². The van der Waals surface area contributed by atoms with Crippen molar-refractivity contribution in [3.05, 3.63) is 34.9 Å². The van der Waals surface area contributed by atoms with Crippen molar-refractivity contribution in [2.75, 3.05) is 13.1 Å². The molecule has 19 heavy (non-hydrogen) atoms. The van der Waals surface area contributed by atoms with Crippen molar-refractivity contribution in [1.82, 2.24) is 10.6 Å². The predicted molar refractivity (Wildman–Crippen MR) is 76.1 cm³/mol. The summed E-state index contributed by atoms with van der Waals surface area (Å²) in [4.78, 5) is 22.8. The number of nitrogens with one attached hydrogen (secondary N) is 2. The van der Waals surface area contributed by atoms with Gasteiger partial charge in [0, 0.05) is 18.1 Å². The summed E-state index contributed by atoms with van der Waals surface area (Å²) in [5.74, 6) is -0.478. The number of carbonyl (C=O) groups excluding carboxylic acids is 2. The van der Waals surface area contributed by atoms with E-state index in [1.165, 1.54) is 0 Å². The minimum atomic E-state index is -0.248. The third-order valence-electron chi connectivity index (χ3n) is 2.54. The van der Waals surface area contributed by atoms with Gasteiger partial charge >= 0.3 is 0 Å². The number of amides is 2. The van der Waals surface area contributed by atoms with Crippen LogP contribution in [0.4, 0.5) is 0 Å². The highest BCUT2D eigenvalue weighted by molar-refractivity contribution is 6.30. The van der Waals surface area contributed by atoms with E-state index in [1.54, 1.807) is 0 Å². The average Bonchev–Trinajstić information content (AvgIpc) is 2.38. The van der Waals surface area contributed by atoms with E-state index in [-0.39, 0.29) is 18.2 Å². The van der Waals surface area contributed by atoms with E-state index >= 15 is 0 Å². The van der Waals surface area contributed by atoms with Crippen molar-refractivity contribution in [3.63, 3.8) is 0 Å². The van der Waals surface area contributed by atoms with Crippen molar-refractivity contribution in [1.29, 1.82) is 0 Å². The van der Waals surface area contributed by atoms with E-state index in [0.717, 1.165) is 18.4 Å². The molecule has 0 bridgehead atoms. The largest absolute Gasteiger partial charge is 0.356 e. The van der Waals surface area contributed by atoms with Gasteiger partial charge in [0.15, 0.2) is 0 Å². The van der Waals surface area contributed by atoms with E-state index in [1.807, 2.05) is 31.2 Å². The van der Waals surface area contributed by atoms with Crippen LogP contribution in [0, 0.1) is 0 Å². The third-order valence-corrected chi connectivity index (χ3v) is 2.79. The monoisotopic (exact) mass is 282 g/mol. The topological polar surface area (TPSA) is 58.2 Å². The van der Waals surface area contributed by atoms with Crippen LogP contribution in [0.5, 0.6) is 0 Å². The number of hydrogen-bond acceptors (Lipinski definition) is 2. The molecule has 0 aliphatic rings. The maximum atomic E-state index is 11.5. The number of halogens is 1. The van der Waals surface area contributed by atoms with Gasteiger partial charge in [-0.05, 0) is 30.5 Å². The second kappa shape index (κ2) is 8.53. The summed E-state index contributed by atoms with van der Waals surface area (Å²) in [6.07, 6.45) is 1.48. The van der Waals surface area contributed by atoms with Crippen LogP contribution in [0.2, 0.25) is 5.02 Å². The van der Waals surface area contributed by atoms with Crippen LogP contribution in [-0.4, -0.2) is 24.9 Å². The molecule has 5 heteroatoms. The summed E-state index contributed by atoms with van der Waals surface area (Å²) in [6, 6.07) is 7.47. The number of hydrogen-bond donors (Lipinski definition) is 2. The molecule has 0 aromatic heterocycles. The highest BCUT2D eigenvalue weighted by Gasteiger charge is 2.07. The smallest absolute Gasteiger partial charge is 0.229 e. The molecule has 0 spiro atoms. The summed E-state index contributed by atoms with van der Waals surface area (Å²) >= 11 is 5.78. The van der Waals surface area contributed by atoms with Crippen LogP contribution >= 0.6 is 11.6 Å². The lowest BCUT2D eigenvalue weighted by atomic mass is 10.1. The molecule has 0 heterocycles. The molecule has 2 amide bonds. The number of benzene rings is 1. The summed E-state index contributed by atoms with van der Waals surface area (Å²) in [6.45, 7) is 3.09. The second-order valence-corrected chi connectivity index (χ2v) is 4.69. The zero-order chi connectivity index (χ0) is 14.1. The Morgan fingerprint density at radius 1 is 1.05 bits per heavy atom. The van der Waals surface area contributed by atoms with Crippen molar-refractivity contribution in [2.24, 2.45) is 0 Å². The fourth-order valence-corrected chi connectivity index (χ4v) is 1.66. The van der Waals surface area contributed by atoms with Gasteiger partial charge in [-0.2, -0.15) is 0 Å².